The van der Waals surface area contributed by atoms with Crippen molar-refractivity contribution in [3.05, 3.63) is 24.2 Å². The SMILES string of the molecule is O=C(c1ccco1)[C@@H](O)[C@H](O)C1CCCCC1. The first-order valence-electron chi connectivity index (χ1n) is 6.14. The van der Waals surface area contributed by atoms with Gasteiger partial charge in [0.25, 0.3) is 0 Å². The number of furan rings is 1. The Bertz CT molecular complexity index is 352. The molecule has 1 aliphatic rings. The van der Waals surface area contributed by atoms with E-state index in [4.69, 9.17) is 4.42 Å². The van der Waals surface area contributed by atoms with E-state index >= 15 is 0 Å². The molecule has 0 spiro atoms. The summed E-state index contributed by atoms with van der Waals surface area (Å²) in [7, 11) is 0. The van der Waals surface area contributed by atoms with E-state index < -0.39 is 18.0 Å². The highest BCUT2D eigenvalue weighted by Gasteiger charge is 2.33. The van der Waals surface area contributed by atoms with Gasteiger partial charge >= 0.3 is 0 Å². The summed E-state index contributed by atoms with van der Waals surface area (Å²) in [6, 6.07) is 3.09. The van der Waals surface area contributed by atoms with E-state index in [1.165, 1.54) is 18.8 Å². The molecule has 0 bridgehead atoms. The molecule has 1 aliphatic carbocycles. The van der Waals surface area contributed by atoms with Gasteiger partial charge in [0.1, 0.15) is 6.10 Å². The predicted molar refractivity (Wildman–Crippen MR) is 61.6 cm³/mol. The lowest BCUT2D eigenvalue weighted by molar-refractivity contribution is -0.0169. The third kappa shape index (κ3) is 2.76. The fourth-order valence-corrected chi connectivity index (χ4v) is 2.45. The van der Waals surface area contributed by atoms with Crippen LogP contribution in [-0.4, -0.2) is 28.2 Å². The predicted octanol–water partition coefficient (Wildman–Crippen LogP) is 1.76. The van der Waals surface area contributed by atoms with Crippen molar-refractivity contribution in [1.29, 1.82) is 0 Å². The first-order valence-corrected chi connectivity index (χ1v) is 6.14. The minimum absolute atomic E-state index is 0.0256. The van der Waals surface area contributed by atoms with Crippen LogP contribution in [0.1, 0.15) is 42.7 Å². The lowest BCUT2D eigenvalue weighted by Gasteiger charge is -2.28. The van der Waals surface area contributed by atoms with Crippen LogP contribution in [0, 0.1) is 5.92 Å². The Hall–Kier alpha value is -1.13. The standard InChI is InChI=1S/C13H18O4/c14-11(9-5-2-1-3-6-9)13(16)12(15)10-7-4-8-17-10/h4,7-9,11,13-14,16H,1-3,5-6H2/t11-,13+/m1/s1. The fraction of sp³-hybridized carbons (Fsp3) is 0.615. The number of aliphatic hydroxyl groups excluding tert-OH is 2. The van der Waals surface area contributed by atoms with Crippen LogP contribution >= 0.6 is 0 Å². The first-order chi connectivity index (χ1) is 8.20. The number of hydrogen-bond acceptors (Lipinski definition) is 4. The molecule has 1 aromatic heterocycles. The average molecular weight is 238 g/mol. The molecule has 1 fully saturated rings. The molecule has 17 heavy (non-hydrogen) atoms. The van der Waals surface area contributed by atoms with E-state index in [-0.39, 0.29) is 11.7 Å². The maximum absolute atomic E-state index is 11.8. The number of aliphatic hydroxyl groups is 2. The normalized spacial score (nSPS) is 21.1. The van der Waals surface area contributed by atoms with Crippen LogP contribution in [0.5, 0.6) is 0 Å². The van der Waals surface area contributed by atoms with Crippen molar-refractivity contribution >= 4 is 5.78 Å². The van der Waals surface area contributed by atoms with Crippen LogP contribution in [0.3, 0.4) is 0 Å². The number of hydrogen-bond donors (Lipinski definition) is 2. The second-order valence-electron chi connectivity index (χ2n) is 4.68. The van der Waals surface area contributed by atoms with Crippen molar-refractivity contribution in [3.63, 3.8) is 0 Å². The second-order valence-corrected chi connectivity index (χ2v) is 4.68. The Morgan fingerprint density at radius 1 is 1.29 bits per heavy atom. The Balaban J connectivity index is 1.98. The smallest absolute Gasteiger partial charge is 0.228 e. The summed E-state index contributed by atoms with van der Waals surface area (Å²) in [5.41, 5.74) is 0. The molecule has 4 nitrogen and oxygen atoms in total. The largest absolute Gasteiger partial charge is 0.461 e. The van der Waals surface area contributed by atoms with Crippen LogP contribution in [0.15, 0.2) is 22.8 Å². The number of carbonyl (C=O) groups excluding carboxylic acids is 1. The van der Waals surface area contributed by atoms with E-state index in [0.717, 1.165) is 25.7 Å². The lowest BCUT2D eigenvalue weighted by Crippen LogP contribution is -2.40. The molecule has 0 saturated heterocycles. The van der Waals surface area contributed by atoms with E-state index in [9.17, 15) is 15.0 Å². The van der Waals surface area contributed by atoms with Crippen molar-refractivity contribution in [2.24, 2.45) is 5.92 Å². The molecule has 2 N–H and O–H groups in total. The van der Waals surface area contributed by atoms with Crippen LogP contribution in [0.4, 0.5) is 0 Å². The van der Waals surface area contributed by atoms with Gasteiger partial charge in [0.15, 0.2) is 5.76 Å². The van der Waals surface area contributed by atoms with Crippen LogP contribution in [-0.2, 0) is 0 Å². The summed E-state index contributed by atoms with van der Waals surface area (Å²) in [6.07, 6.45) is 4.08. The molecule has 2 atom stereocenters. The Morgan fingerprint density at radius 3 is 2.59 bits per heavy atom. The Morgan fingerprint density at radius 2 is 2.00 bits per heavy atom. The quantitative estimate of drug-likeness (QED) is 0.784. The topological polar surface area (TPSA) is 70.7 Å². The number of carbonyl (C=O) groups is 1. The summed E-state index contributed by atoms with van der Waals surface area (Å²) in [4.78, 5) is 11.8. The molecule has 0 aliphatic heterocycles. The van der Waals surface area contributed by atoms with E-state index in [2.05, 4.69) is 0 Å². The third-order valence-corrected chi connectivity index (χ3v) is 3.49. The Labute approximate surface area is 100 Å². The molecular weight excluding hydrogens is 220 g/mol. The molecule has 0 radical (unpaired) electrons. The van der Waals surface area contributed by atoms with Crippen molar-refractivity contribution in [1.82, 2.24) is 0 Å². The van der Waals surface area contributed by atoms with Crippen LogP contribution in [0.25, 0.3) is 0 Å². The maximum Gasteiger partial charge on any atom is 0.228 e. The van der Waals surface area contributed by atoms with Gasteiger partial charge in [0, 0.05) is 0 Å². The number of rotatable bonds is 4. The Kier molecular flexibility index (Phi) is 3.97. The van der Waals surface area contributed by atoms with Gasteiger partial charge in [0.2, 0.25) is 5.78 Å². The summed E-state index contributed by atoms with van der Waals surface area (Å²) in [6.45, 7) is 0. The van der Waals surface area contributed by atoms with Gasteiger partial charge in [-0.1, -0.05) is 19.3 Å². The van der Waals surface area contributed by atoms with Gasteiger partial charge in [-0.25, -0.2) is 0 Å². The summed E-state index contributed by atoms with van der Waals surface area (Å²) < 4.78 is 4.93. The molecular formula is C13H18O4. The maximum atomic E-state index is 11.8. The van der Waals surface area contributed by atoms with Gasteiger partial charge in [-0.05, 0) is 30.9 Å². The number of ketones is 1. The van der Waals surface area contributed by atoms with Gasteiger partial charge in [-0.15, -0.1) is 0 Å². The minimum atomic E-state index is -1.37. The van der Waals surface area contributed by atoms with Crippen molar-refractivity contribution in [2.75, 3.05) is 0 Å². The number of Topliss-reactive ketones (excluding diaryl/α,β-unsaturated/α-hetero) is 1. The molecule has 94 valence electrons. The fourth-order valence-electron chi connectivity index (χ4n) is 2.45. The van der Waals surface area contributed by atoms with Crippen molar-refractivity contribution < 1.29 is 19.4 Å². The lowest BCUT2D eigenvalue weighted by atomic mass is 9.82. The zero-order valence-electron chi connectivity index (χ0n) is 9.71. The highest BCUT2D eigenvalue weighted by molar-refractivity contribution is 5.97. The molecule has 0 amide bonds. The van der Waals surface area contributed by atoms with Crippen molar-refractivity contribution in [3.8, 4) is 0 Å². The molecule has 0 aromatic carbocycles. The third-order valence-electron chi connectivity index (χ3n) is 3.49. The first kappa shape index (κ1) is 12.3. The van der Waals surface area contributed by atoms with E-state index in [0.29, 0.717) is 0 Å². The van der Waals surface area contributed by atoms with Crippen molar-refractivity contribution in [2.45, 2.75) is 44.3 Å². The molecule has 2 rings (SSSR count). The van der Waals surface area contributed by atoms with Gasteiger partial charge in [0.05, 0.1) is 12.4 Å². The van der Waals surface area contributed by atoms with Crippen LogP contribution in [0.2, 0.25) is 0 Å². The average Bonchev–Trinajstić information content (AvgIpc) is 2.91. The highest BCUT2D eigenvalue weighted by Crippen LogP contribution is 2.28. The van der Waals surface area contributed by atoms with Gasteiger partial charge in [-0.2, -0.15) is 0 Å². The zero-order valence-corrected chi connectivity index (χ0v) is 9.71. The van der Waals surface area contributed by atoms with E-state index in [1.807, 2.05) is 0 Å². The zero-order chi connectivity index (χ0) is 12.3. The molecule has 1 heterocycles. The minimum Gasteiger partial charge on any atom is -0.461 e. The summed E-state index contributed by atoms with van der Waals surface area (Å²) in [5, 5.41) is 19.8. The van der Waals surface area contributed by atoms with Gasteiger partial charge in [-0.3, -0.25) is 4.79 Å². The van der Waals surface area contributed by atoms with Gasteiger partial charge < -0.3 is 14.6 Å². The highest BCUT2D eigenvalue weighted by atomic mass is 16.4. The van der Waals surface area contributed by atoms with E-state index in [1.54, 1.807) is 6.07 Å². The molecule has 4 heteroatoms. The monoisotopic (exact) mass is 238 g/mol. The summed E-state index contributed by atoms with van der Waals surface area (Å²) >= 11 is 0. The second kappa shape index (κ2) is 5.47. The molecule has 1 aromatic rings. The molecule has 1 saturated carbocycles. The summed E-state index contributed by atoms with van der Waals surface area (Å²) in [5.74, 6) is -0.405. The molecule has 0 unspecified atom stereocenters. The van der Waals surface area contributed by atoms with Crippen LogP contribution < -0.4 is 0 Å².